The minimum atomic E-state index is -4.75. The largest absolute Gasteiger partial charge is 0.475 e. The zero-order valence-corrected chi connectivity index (χ0v) is 13.2. The van der Waals surface area contributed by atoms with Gasteiger partial charge in [0.2, 0.25) is 6.10 Å². The van der Waals surface area contributed by atoms with Gasteiger partial charge in [-0.05, 0) is 43.2 Å². The molecule has 1 aliphatic rings. The van der Waals surface area contributed by atoms with Crippen LogP contribution in [0.15, 0.2) is 24.3 Å². The third-order valence-corrected chi connectivity index (χ3v) is 3.52. The number of benzene rings is 1. The number of esters is 1. The van der Waals surface area contributed by atoms with Crippen molar-refractivity contribution in [3.05, 3.63) is 40.4 Å². The molecule has 0 aromatic heterocycles. The van der Waals surface area contributed by atoms with E-state index >= 15 is 0 Å². The predicted molar refractivity (Wildman–Crippen MR) is 81.2 cm³/mol. The summed E-state index contributed by atoms with van der Waals surface area (Å²) in [5, 5.41) is 0.310. The van der Waals surface area contributed by atoms with Crippen LogP contribution in [0.25, 0.3) is 11.6 Å². The molecule has 0 spiro atoms. The van der Waals surface area contributed by atoms with Gasteiger partial charge in [0.05, 0.1) is 12.2 Å². The van der Waals surface area contributed by atoms with Gasteiger partial charge in [0.1, 0.15) is 5.75 Å². The molecule has 0 saturated heterocycles. The molecule has 2 rings (SSSR count). The fourth-order valence-corrected chi connectivity index (χ4v) is 2.50. The van der Waals surface area contributed by atoms with E-state index in [1.165, 1.54) is 19.1 Å². The molecule has 1 aromatic carbocycles. The van der Waals surface area contributed by atoms with Crippen LogP contribution in [0.5, 0.6) is 5.75 Å². The summed E-state index contributed by atoms with van der Waals surface area (Å²) in [7, 11) is 0. The first-order valence-corrected chi connectivity index (χ1v) is 7.14. The Kier molecular flexibility index (Phi) is 4.75. The predicted octanol–water partition coefficient (Wildman–Crippen LogP) is 4.64. The molecule has 124 valence electrons. The molecule has 1 unspecified atom stereocenters. The Morgan fingerprint density at radius 1 is 1.43 bits per heavy atom. The number of carbonyl (C=O) groups excluding carboxylic acids is 1. The van der Waals surface area contributed by atoms with Crippen molar-refractivity contribution in [2.45, 2.75) is 26.1 Å². The molecule has 0 fully saturated rings. The standard InChI is InChI=1S/C16H14ClF3O3/c1-4-22-15(21)11-5-9-6-12(17)10(8(2)3)7-13(9)23-14(11)16(18,19)20/h5-7,14H,2,4H2,1,3H3. The number of hydrogen-bond acceptors (Lipinski definition) is 3. The highest BCUT2D eigenvalue weighted by molar-refractivity contribution is 6.32. The topological polar surface area (TPSA) is 35.5 Å². The summed E-state index contributed by atoms with van der Waals surface area (Å²) in [6.45, 7) is 6.87. The molecule has 3 nitrogen and oxygen atoms in total. The van der Waals surface area contributed by atoms with E-state index in [-0.39, 0.29) is 17.9 Å². The van der Waals surface area contributed by atoms with E-state index in [4.69, 9.17) is 16.3 Å². The van der Waals surface area contributed by atoms with Crippen LogP contribution < -0.4 is 4.74 Å². The molecule has 0 aliphatic carbocycles. The van der Waals surface area contributed by atoms with Gasteiger partial charge in [-0.1, -0.05) is 18.2 Å². The minimum absolute atomic E-state index is 0.0113. The molecular weight excluding hydrogens is 333 g/mol. The Morgan fingerprint density at radius 2 is 2.09 bits per heavy atom. The van der Waals surface area contributed by atoms with Crippen molar-refractivity contribution in [1.29, 1.82) is 0 Å². The zero-order valence-electron chi connectivity index (χ0n) is 12.5. The van der Waals surface area contributed by atoms with Crippen LogP contribution in [0.2, 0.25) is 5.02 Å². The minimum Gasteiger partial charge on any atom is -0.475 e. The summed E-state index contributed by atoms with van der Waals surface area (Å²) in [6, 6.07) is 2.82. The van der Waals surface area contributed by atoms with E-state index in [0.717, 1.165) is 6.08 Å². The first kappa shape index (κ1) is 17.4. The number of fused-ring (bicyclic) bond motifs is 1. The highest BCUT2D eigenvalue weighted by atomic mass is 35.5. The van der Waals surface area contributed by atoms with Crippen LogP contribution in [-0.4, -0.2) is 24.9 Å². The Hall–Kier alpha value is -1.95. The maximum atomic E-state index is 13.2. The van der Waals surface area contributed by atoms with Crippen molar-refractivity contribution in [2.75, 3.05) is 6.61 Å². The van der Waals surface area contributed by atoms with Gasteiger partial charge in [-0.3, -0.25) is 0 Å². The Morgan fingerprint density at radius 3 is 2.61 bits per heavy atom. The molecule has 1 atom stereocenters. The Bertz CT molecular complexity index is 693. The molecule has 0 radical (unpaired) electrons. The number of hydrogen-bond donors (Lipinski definition) is 0. The van der Waals surface area contributed by atoms with Crippen molar-refractivity contribution >= 4 is 29.2 Å². The average molecular weight is 347 g/mol. The van der Waals surface area contributed by atoms with E-state index in [9.17, 15) is 18.0 Å². The van der Waals surface area contributed by atoms with Gasteiger partial charge in [-0.15, -0.1) is 0 Å². The molecule has 0 N–H and O–H groups in total. The Balaban J connectivity index is 2.57. The smallest absolute Gasteiger partial charge is 0.430 e. The number of alkyl halides is 3. The second-order valence-corrected chi connectivity index (χ2v) is 5.42. The van der Waals surface area contributed by atoms with Crippen LogP contribution in [0.1, 0.15) is 25.0 Å². The van der Waals surface area contributed by atoms with Gasteiger partial charge < -0.3 is 9.47 Å². The van der Waals surface area contributed by atoms with Gasteiger partial charge in [-0.25, -0.2) is 4.79 Å². The number of carbonyl (C=O) groups is 1. The van der Waals surface area contributed by atoms with E-state index in [1.54, 1.807) is 6.92 Å². The second-order valence-electron chi connectivity index (χ2n) is 5.01. The lowest BCUT2D eigenvalue weighted by atomic mass is 9.98. The van der Waals surface area contributed by atoms with Gasteiger partial charge >= 0.3 is 12.1 Å². The SMILES string of the molecule is C=C(C)c1cc2c(cc1Cl)C=C(C(=O)OCC)C(C(F)(F)F)O2. The first-order valence-electron chi connectivity index (χ1n) is 6.76. The van der Waals surface area contributed by atoms with Gasteiger partial charge in [0.25, 0.3) is 0 Å². The Labute approximate surface area is 136 Å². The molecule has 23 heavy (non-hydrogen) atoms. The first-order chi connectivity index (χ1) is 10.6. The zero-order chi connectivity index (χ0) is 17.4. The van der Waals surface area contributed by atoms with Crippen molar-refractivity contribution in [3.63, 3.8) is 0 Å². The lowest BCUT2D eigenvalue weighted by Gasteiger charge is -2.28. The van der Waals surface area contributed by atoms with Crippen LogP contribution in [0.3, 0.4) is 0 Å². The van der Waals surface area contributed by atoms with Crippen molar-refractivity contribution in [1.82, 2.24) is 0 Å². The maximum Gasteiger partial charge on any atom is 0.430 e. The maximum absolute atomic E-state index is 13.2. The third-order valence-electron chi connectivity index (χ3n) is 3.21. The van der Waals surface area contributed by atoms with Crippen LogP contribution in [0.4, 0.5) is 13.2 Å². The number of rotatable bonds is 3. The summed E-state index contributed by atoms with van der Waals surface area (Å²) in [6.07, 6.45) is -6.03. The van der Waals surface area contributed by atoms with E-state index in [0.29, 0.717) is 16.2 Å². The summed E-state index contributed by atoms with van der Waals surface area (Å²) in [5.41, 5.74) is 0.749. The summed E-state index contributed by atoms with van der Waals surface area (Å²) < 4.78 is 49.3. The number of halogens is 4. The normalized spacial score (nSPS) is 17.0. The lowest BCUT2D eigenvalue weighted by Crippen LogP contribution is -2.40. The van der Waals surface area contributed by atoms with Gasteiger partial charge in [0, 0.05) is 10.6 Å². The number of ether oxygens (including phenoxy) is 2. The van der Waals surface area contributed by atoms with E-state index < -0.39 is 23.8 Å². The fraction of sp³-hybridized carbons (Fsp3) is 0.312. The molecule has 0 bridgehead atoms. The van der Waals surface area contributed by atoms with Gasteiger partial charge in [0.15, 0.2) is 0 Å². The molecule has 1 aromatic rings. The second kappa shape index (κ2) is 6.28. The van der Waals surface area contributed by atoms with Crippen LogP contribution in [0, 0.1) is 0 Å². The monoisotopic (exact) mass is 346 g/mol. The summed E-state index contributed by atoms with van der Waals surface area (Å²) in [4.78, 5) is 11.8. The van der Waals surface area contributed by atoms with E-state index in [2.05, 4.69) is 11.3 Å². The molecule has 1 aliphatic heterocycles. The summed E-state index contributed by atoms with van der Waals surface area (Å²) in [5.74, 6) is -1.08. The fourth-order valence-electron chi connectivity index (χ4n) is 2.17. The molecule has 0 amide bonds. The van der Waals surface area contributed by atoms with Crippen molar-refractivity contribution < 1.29 is 27.4 Å². The quantitative estimate of drug-likeness (QED) is 0.748. The van der Waals surface area contributed by atoms with Crippen molar-refractivity contribution in [3.8, 4) is 5.75 Å². The molecule has 7 heteroatoms. The van der Waals surface area contributed by atoms with Crippen LogP contribution >= 0.6 is 11.6 Å². The highest BCUT2D eigenvalue weighted by Crippen LogP contribution is 2.40. The van der Waals surface area contributed by atoms with Crippen LogP contribution in [-0.2, 0) is 9.53 Å². The average Bonchev–Trinajstić information content (AvgIpc) is 2.44. The summed E-state index contributed by atoms with van der Waals surface area (Å²) >= 11 is 6.09. The number of allylic oxidation sites excluding steroid dienone is 1. The lowest BCUT2D eigenvalue weighted by molar-refractivity contribution is -0.187. The van der Waals surface area contributed by atoms with E-state index in [1.807, 2.05) is 0 Å². The molecule has 1 heterocycles. The van der Waals surface area contributed by atoms with Crippen molar-refractivity contribution in [2.24, 2.45) is 0 Å². The molecular formula is C16H14ClF3O3. The van der Waals surface area contributed by atoms with Gasteiger partial charge in [-0.2, -0.15) is 13.2 Å². The third kappa shape index (κ3) is 3.52. The highest BCUT2D eigenvalue weighted by Gasteiger charge is 2.48. The molecule has 0 saturated carbocycles.